The van der Waals surface area contributed by atoms with E-state index in [9.17, 15) is 14.7 Å². The van der Waals surface area contributed by atoms with E-state index >= 15 is 0 Å². The van der Waals surface area contributed by atoms with Crippen molar-refractivity contribution < 1.29 is 14.7 Å². The molecule has 0 aromatic rings. The maximum Gasteiger partial charge on any atom is 0.329 e. The van der Waals surface area contributed by atoms with Gasteiger partial charge in [-0.25, -0.2) is 4.79 Å². The van der Waals surface area contributed by atoms with E-state index < -0.39 is 11.5 Å². The lowest BCUT2D eigenvalue weighted by molar-refractivity contribution is -0.149. The van der Waals surface area contributed by atoms with Crippen molar-refractivity contribution in [1.82, 2.24) is 10.6 Å². The smallest absolute Gasteiger partial charge is 0.329 e. The van der Waals surface area contributed by atoms with Crippen LogP contribution in [0.25, 0.3) is 0 Å². The monoisotopic (exact) mass is 282 g/mol. The molecule has 2 unspecified atom stereocenters. The molecule has 2 aliphatic carbocycles. The first-order valence-corrected chi connectivity index (χ1v) is 7.80. The predicted octanol–water partition coefficient (Wildman–Crippen LogP) is 1.67. The average Bonchev–Trinajstić information content (AvgIpc) is 2.89. The van der Waals surface area contributed by atoms with Crippen LogP contribution < -0.4 is 10.6 Å². The molecule has 0 aliphatic heterocycles. The van der Waals surface area contributed by atoms with Crippen molar-refractivity contribution in [3.63, 3.8) is 0 Å². The second kappa shape index (κ2) is 6.57. The van der Waals surface area contributed by atoms with Crippen molar-refractivity contribution in [3.8, 4) is 0 Å². The largest absolute Gasteiger partial charge is 0.480 e. The zero-order valence-electron chi connectivity index (χ0n) is 12.3. The van der Waals surface area contributed by atoms with Crippen molar-refractivity contribution in [2.24, 2.45) is 5.92 Å². The third-order valence-corrected chi connectivity index (χ3v) is 4.69. The summed E-state index contributed by atoms with van der Waals surface area (Å²) in [4.78, 5) is 23.6. The number of rotatable bonds is 5. The molecule has 20 heavy (non-hydrogen) atoms. The van der Waals surface area contributed by atoms with Gasteiger partial charge in [-0.3, -0.25) is 4.79 Å². The Kier molecular flexibility index (Phi) is 5.02. The molecular weight excluding hydrogens is 256 g/mol. The molecule has 1 amide bonds. The summed E-state index contributed by atoms with van der Waals surface area (Å²) in [5.41, 5.74) is -1.05. The number of carbonyl (C=O) groups excluding carboxylic acids is 1. The zero-order valence-corrected chi connectivity index (χ0v) is 12.3. The lowest BCUT2D eigenvalue weighted by Gasteiger charge is -2.37. The first-order valence-electron chi connectivity index (χ1n) is 7.80. The van der Waals surface area contributed by atoms with Gasteiger partial charge in [-0.2, -0.15) is 0 Å². The summed E-state index contributed by atoms with van der Waals surface area (Å²) < 4.78 is 0. The quantitative estimate of drug-likeness (QED) is 0.716. The van der Waals surface area contributed by atoms with Gasteiger partial charge in [-0.05, 0) is 31.6 Å². The highest BCUT2D eigenvalue weighted by Gasteiger charge is 2.43. The Morgan fingerprint density at radius 2 is 1.90 bits per heavy atom. The van der Waals surface area contributed by atoms with E-state index in [2.05, 4.69) is 17.6 Å². The SMILES string of the molecule is CC1CCCC(NC(=O)CNC2CCCC2)(C(=O)O)C1. The molecule has 2 atom stereocenters. The number of hydrogen-bond acceptors (Lipinski definition) is 3. The molecule has 0 saturated heterocycles. The molecule has 3 N–H and O–H groups in total. The van der Waals surface area contributed by atoms with Crippen molar-refractivity contribution in [1.29, 1.82) is 0 Å². The van der Waals surface area contributed by atoms with E-state index in [0.717, 1.165) is 25.7 Å². The standard InChI is InChI=1S/C15H26N2O3/c1-11-5-4-8-15(9-11,14(19)20)17-13(18)10-16-12-6-2-3-7-12/h11-12,16H,2-10H2,1H3,(H,17,18)(H,19,20). The second-order valence-corrected chi connectivity index (χ2v) is 6.50. The van der Waals surface area contributed by atoms with Crippen LogP contribution in [-0.4, -0.2) is 35.1 Å². The summed E-state index contributed by atoms with van der Waals surface area (Å²) in [5, 5.41) is 15.5. The average molecular weight is 282 g/mol. The van der Waals surface area contributed by atoms with Gasteiger partial charge in [0, 0.05) is 6.04 Å². The second-order valence-electron chi connectivity index (χ2n) is 6.50. The molecule has 5 nitrogen and oxygen atoms in total. The Hall–Kier alpha value is -1.10. The van der Waals surface area contributed by atoms with Gasteiger partial charge in [-0.15, -0.1) is 0 Å². The number of hydrogen-bond donors (Lipinski definition) is 3. The van der Waals surface area contributed by atoms with E-state index in [-0.39, 0.29) is 12.5 Å². The summed E-state index contributed by atoms with van der Waals surface area (Å²) >= 11 is 0. The Bertz CT molecular complexity index is 366. The summed E-state index contributed by atoms with van der Waals surface area (Å²) in [7, 11) is 0. The number of aliphatic carboxylic acids is 1. The van der Waals surface area contributed by atoms with Crippen molar-refractivity contribution in [3.05, 3.63) is 0 Å². The molecule has 0 heterocycles. The van der Waals surface area contributed by atoms with Crippen molar-refractivity contribution in [2.75, 3.05) is 6.54 Å². The van der Waals surface area contributed by atoms with Crippen LogP contribution in [-0.2, 0) is 9.59 Å². The zero-order chi connectivity index (χ0) is 14.6. The number of nitrogens with one attached hydrogen (secondary N) is 2. The van der Waals surface area contributed by atoms with Gasteiger partial charge in [-0.1, -0.05) is 32.6 Å². The number of carbonyl (C=O) groups is 2. The van der Waals surface area contributed by atoms with Gasteiger partial charge in [0.05, 0.1) is 6.54 Å². The van der Waals surface area contributed by atoms with Crippen LogP contribution in [0.15, 0.2) is 0 Å². The molecule has 0 bridgehead atoms. The van der Waals surface area contributed by atoms with E-state index in [4.69, 9.17) is 0 Å². The topological polar surface area (TPSA) is 78.4 Å². The molecule has 0 aromatic carbocycles. The van der Waals surface area contributed by atoms with E-state index in [1.165, 1.54) is 12.8 Å². The molecule has 2 rings (SSSR count). The van der Waals surface area contributed by atoms with Gasteiger partial charge in [0.1, 0.15) is 5.54 Å². The maximum atomic E-state index is 12.0. The highest BCUT2D eigenvalue weighted by atomic mass is 16.4. The first-order chi connectivity index (χ1) is 9.52. The minimum Gasteiger partial charge on any atom is -0.480 e. The van der Waals surface area contributed by atoms with Gasteiger partial charge in [0.25, 0.3) is 0 Å². The molecule has 114 valence electrons. The van der Waals surface area contributed by atoms with Gasteiger partial charge < -0.3 is 15.7 Å². The Balaban J connectivity index is 1.87. The third kappa shape index (κ3) is 3.72. The van der Waals surface area contributed by atoms with Crippen LogP contribution >= 0.6 is 0 Å². The molecule has 2 saturated carbocycles. The Labute approximate surface area is 120 Å². The fraction of sp³-hybridized carbons (Fsp3) is 0.867. The highest BCUT2D eigenvalue weighted by Crippen LogP contribution is 2.32. The van der Waals surface area contributed by atoms with E-state index in [1.54, 1.807) is 0 Å². The first kappa shape index (κ1) is 15.3. The molecule has 2 fully saturated rings. The molecular formula is C15H26N2O3. The molecule has 2 aliphatic rings. The molecule has 0 radical (unpaired) electrons. The molecule has 0 spiro atoms. The van der Waals surface area contributed by atoms with Crippen molar-refractivity contribution in [2.45, 2.75) is 69.9 Å². The molecule has 5 heteroatoms. The highest BCUT2D eigenvalue weighted by molar-refractivity contribution is 5.88. The predicted molar refractivity (Wildman–Crippen MR) is 76.4 cm³/mol. The lowest BCUT2D eigenvalue weighted by Crippen LogP contribution is -2.58. The van der Waals surface area contributed by atoms with Gasteiger partial charge >= 0.3 is 5.97 Å². The Morgan fingerprint density at radius 3 is 2.50 bits per heavy atom. The van der Waals surface area contributed by atoms with E-state index in [1.807, 2.05) is 0 Å². The third-order valence-electron chi connectivity index (χ3n) is 4.69. The summed E-state index contributed by atoms with van der Waals surface area (Å²) in [6.07, 6.45) is 7.67. The van der Waals surface area contributed by atoms with Crippen LogP contribution in [0, 0.1) is 5.92 Å². The fourth-order valence-corrected chi connectivity index (χ4v) is 3.59. The molecule has 0 aromatic heterocycles. The van der Waals surface area contributed by atoms with Crippen LogP contribution in [0.5, 0.6) is 0 Å². The van der Waals surface area contributed by atoms with E-state index in [0.29, 0.717) is 24.8 Å². The van der Waals surface area contributed by atoms with Crippen LogP contribution in [0.4, 0.5) is 0 Å². The summed E-state index contributed by atoms with van der Waals surface area (Å²) in [5.74, 6) is -0.727. The maximum absolute atomic E-state index is 12.0. The van der Waals surface area contributed by atoms with Gasteiger partial charge in [0.2, 0.25) is 5.91 Å². The number of amides is 1. The minimum absolute atomic E-state index is 0.187. The van der Waals surface area contributed by atoms with Crippen LogP contribution in [0.2, 0.25) is 0 Å². The summed E-state index contributed by atoms with van der Waals surface area (Å²) in [6.45, 7) is 2.29. The Morgan fingerprint density at radius 1 is 1.20 bits per heavy atom. The number of carboxylic acid groups (broad SMARTS) is 1. The summed E-state index contributed by atoms with van der Waals surface area (Å²) in [6, 6.07) is 0.423. The normalized spacial score (nSPS) is 31.1. The van der Waals surface area contributed by atoms with Crippen molar-refractivity contribution >= 4 is 11.9 Å². The minimum atomic E-state index is -1.05. The van der Waals surface area contributed by atoms with Crippen LogP contribution in [0.1, 0.15) is 58.3 Å². The van der Waals surface area contributed by atoms with Crippen LogP contribution in [0.3, 0.4) is 0 Å². The number of carboxylic acids is 1. The lowest BCUT2D eigenvalue weighted by atomic mass is 9.76. The fourth-order valence-electron chi connectivity index (χ4n) is 3.59. The van der Waals surface area contributed by atoms with Gasteiger partial charge in [0.15, 0.2) is 0 Å².